The Hall–Kier alpha value is -2.94. The van der Waals surface area contributed by atoms with E-state index in [1.54, 1.807) is 0 Å². The third-order valence-corrected chi connectivity index (χ3v) is 6.73. The Morgan fingerprint density at radius 3 is 2.69 bits per heavy atom. The monoisotopic (exact) mass is 384 g/mol. The number of nitrogens with one attached hydrogen (secondary N) is 1. The highest BCUT2D eigenvalue weighted by Gasteiger charge is 2.39. The molecule has 3 nitrogen and oxygen atoms in total. The van der Waals surface area contributed by atoms with E-state index >= 15 is 0 Å². The molecule has 0 fully saturated rings. The van der Waals surface area contributed by atoms with Crippen LogP contribution in [0.25, 0.3) is 10.8 Å². The number of rotatable bonds is 4. The fourth-order valence-corrected chi connectivity index (χ4v) is 5.26. The highest BCUT2D eigenvalue weighted by Crippen LogP contribution is 2.52. The van der Waals surface area contributed by atoms with Gasteiger partial charge >= 0.3 is 0 Å². The van der Waals surface area contributed by atoms with Crippen molar-refractivity contribution < 1.29 is 5.11 Å². The highest BCUT2D eigenvalue weighted by molar-refractivity contribution is 5.89. The quantitative estimate of drug-likeness (QED) is 0.524. The Balaban J connectivity index is 1.62. The Bertz CT molecular complexity index is 1080. The van der Waals surface area contributed by atoms with E-state index < -0.39 is 0 Å². The fraction of sp³-hybridized carbons (Fsp3) is 0.308. The Labute approximate surface area is 172 Å². The Kier molecular flexibility index (Phi) is 4.46. The number of fused-ring (bicyclic) bond motifs is 4. The topological polar surface area (TPSA) is 35.5 Å². The van der Waals surface area contributed by atoms with Gasteiger partial charge in [0.15, 0.2) is 0 Å². The van der Waals surface area contributed by atoms with Crippen molar-refractivity contribution in [3.8, 4) is 5.75 Å². The molecule has 3 aromatic carbocycles. The van der Waals surface area contributed by atoms with Crippen LogP contribution in [-0.2, 0) is 0 Å². The van der Waals surface area contributed by atoms with Crippen LogP contribution >= 0.6 is 0 Å². The first-order valence-corrected chi connectivity index (χ1v) is 10.7. The van der Waals surface area contributed by atoms with E-state index in [1.165, 1.54) is 22.3 Å². The minimum atomic E-state index is 0.0907. The molecule has 0 saturated carbocycles. The molecule has 1 heterocycles. The standard InChI is InChI=1S/C26H28N2O/c1-3-28(4-2)18-13-14-23-22(16-18)20-10-7-11-21(20)26(27-23)25-19-9-6-5-8-17(19)12-15-24(25)29/h5-10,12-16,20-21,26-27,29H,3-4,11H2,1-2H3. The summed E-state index contributed by atoms with van der Waals surface area (Å²) in [7, 11) is 0. The number of phenols is 1. The molecule has 3 aromatic rings. The summed E-state index contributed by atoms with van der Waals surface area (Å²) in [6.07, 6.45) is 5.71. The first kappa shape index (κ1) is 18.1. The van der Waals surface area contributed by atoms with Gasteiger partial charge in [0.25, 0.3) is 0 Å². The first-order chi connectivity index (χ1) is 14.2. The van der Waals surface area contributed by atoms with Crippen molar-refractivity contribution in [2.45, 2.75) is 32.2 Å². The van der Waals surface area contributed by atoms with Crippen LogP contribution in [-0.4, -0.2) is 18.2 Å². The number of aromatic hydroxyl groups is 1. The smallest absolute Gasteiger partial charge is 0.121 e. The number of hydrogen-bond donors (Lipinski definition) is 2. The van der Waals surface area contributed by atoms with Crippen LogP contribution in [0.2, 0.25) is 0 Å². The third kappa shape index (κ3) is 2.88. The summed E-state index contributed by atoms with van der Waals surface area (Å²) in [4.78, 5) is 2.40. The molecule has 5 rings (SSSR count). The van der Waals surface area contributed by atoms with Gasteiger partial charge in [0, 0.05) is 35.9 Å². The summed E-state index contributed by atoms with van der Waals surface area (Å²) in [6, 6.07) is 19.1. The zero-order valence-electron chi connectivity index (χ0n) is 17.1. The van der Waals surface area contributed by atoms with Gasteiger partial charge in [-0.2, -0.15) is 0 Å². The molecule has 0 radical (unpaired) electrons. The largest absolute Gasteiger partial charge is 0.508 e. The summed E-state index contributed by atoms with van der Waals surface area (Å²) in [5, 5.41) is 17.0. The van der Waals surface area contributed by atoms with Crippen molar-refractivity contribution in [2.24, 2.45) is 5.92 Å². The molecule has 3 unspecified atom stereocenters. The number of allylic oxidation sites excluding steroid dienone is 2. The summed E-state index contributed by atoms with van der Waals surface area (Å²) in [5.41, 5.74) is 4.89. The van der Waals surface area contributed by atoms with E-state index in [0.717, 1.165) is 30.5 Å². The van der Waals surface area contributed by atoms with Crippen molar-refractivity contribution in [1.82, 2.24) is 0 Å². The molecular weight excluding hydrogens is 356 g/mol. The summed E-state index contributed by atoms with van der Waals surface area (Å²) in [6.45, 7) is 6.44. The Morgan fingerprint density at radius 1 is 1.03 bits per heavy atom. The third-order valence-electron chi connectivity index (χ3n) is 6.73. The number of benzene rings is 3. The van der Waals surface area contributed by atoms with Crippen LogP contribution in [0.3, 0.4) is 0 Å². The molecule has 0 amide bonds. The predicted octanol–water partition coefficient (Wildman–Crippen LogP) is 6.22. The van der Waals surface area contributed by atoms with Gasteiger partial charge in [0.1, 0.15) is 5.75 Å². The van der Waals surface area contributed by atoms with Crippen molar-refractivity contribution >= 4 is 22.1 Å². The molecule has 2 N–H and O–H groups in total. The minimum absolute atomic E-state index is 0.0907. The maximum Gasteiger partial charge on any atom is 0.121 e. The van der Waals surface area contributed by atoms with E-state index in [0.29, 0.717) is 17.6 Å². The minimum Gasteiger partial charge on any atom is -0.508 e. The lowest BCUT2D eigenvalue weighted by Crippen LogP contribution is -2.30. The molecule has 3 heteroatoms. The maximum atomic E-state index is 10.8. The summed E-state index contributed by atoms with van der Waals surface area (Å²) < 4.78 is 0. The SMILES string of the molecule is CCN(CC)c1ccc2c(c1)C1C=CCC1C(c1c(O)ccc3ccccc13)N2. The lowest BCUT2D eigenvalue weighted by atomic mass is 9.76. The first-order valence-electron chi connectivity index (χ1n) is 10.7. The van der Waals surface area contributed by atoms with Crippen LogP contribution in [0.15, 0.2) is 66.7 Å². The van der Waals surface area contributed by atoms with E-state index in [1.807, 2.05) is 12.1 Å². The van der Waals surface area contributed by atoms with E-state index in [9.17, 15) is 5.11 Å². The van der Waals surface area contributed by atoms with Crippen molar-refractivity contribution in [2.75, 3.05) is 23.3 Å². The normalized spacial score (nSPS) is 22.2. The van der Waals surface area contributed by atoms with Gasteiger partial charge in [-0.15, -0.1) is 0 Å². The molecule has 0 saturated heterocycles. The number of anilines is 2. The van der Waals surface area contributed by atoms with Gasteiger partial charge in [-0.1, -0.05) is 42.5 Å². The average molecular weight is 385 g/mol. The lowest BCUT2D eigenvalue weighted by Gasteiger charge is -2.39. The van der Waals surface area contributed by atoms with Crippen molar-refractivity contribution in [3.05, 3.63) is 77.9 Å². The molecular formula is C26H28N2O. The van der Waals surface area contributed by atoms with Crippen LogP contribution < -0.4 is 10.2 Å². The molecule has 1 aliphatic heterocycles. The Morgan fingerprint density at radius 2 is 1.86 bits per heavy atom. The van der Waals surface area contributed by atoms with Crippen LogP contribution in [0.4, 0.5) is 11.4 Å². The summed E-state index contributed by atoms with van der Waals surface area (Å²) in [5.74, 6) is 1.17. The molecule has 3 atom stereocenters. The van der Waals surface area contributed by atoms with Crippen LogP contribution in [0.1, 0.15) is 43.4 Å². The van der Waals surface area contributed by atoms with Gasteiger partial charge in [-0.05, 0) is 66.8 Å². The van der Waals surface area contributed by atoms with Gasteiger partial charge in [0.2, 0.25) is 0 Å². The van der Waals surface area contributed by atoms with E-state index in [-0.39, 0.29) is 6.04 Å². The number of hydrogen-bond acceptors (Lipinski definition) is 3. The van der Waals surface area contributed by atoms with Gasteiger partial charge in [0.05, 0.1) is 6.04 Å². The molecule has 29 heavy (non-hydrogen) atoms. The molecule has 0 spiro atoms. The van der Waals surface area contributed by atoms with Crippen molar-refractivity contribution in [3.63, 3.8) is 0 Å². The second kappa shape index (κ2) is 7.14. The highest BCUT2D eigenvalue weighted by atomic mass is 16.3. The number of nitrogens with zero attached hydrogens (tertiary/aromatic N) is 1. The molecule has 2 aliphatic rings. The lowest BCUT2D eigenvalue weighted by molar-refractivity contribution is 0.405. The average Bonchev–Trinajstić information content (AvgIpc) is 3.25. The maximum absolute atomic E-state index is 10.8. The van der Waals surface area contributed by atoms with Crippen molar-refractivity contribution in [1.29, 1.82) is 0 Å². The predicted molar refractivity (Wildman–Crippen MR) is 122 cm³/mol. The fourth-order valence-electron chi connectivity index (χ4n) is 5.26. The van der Waals surface area contributed by atoms with E-state index in [4.69, 9.17) is 0 Å². The van der Waals surface area contributed by atoms with Crippen LogP contribution in [0, 0.1) is 5.92 Å². The van der Waals surface area contributed by atoms with Gasteiger partial charge in [-0.25, -0.2) is 0 Å². The zero-order valence-corrected chi connectivity index (χ0v) is 17.1. The van der Waals surface area contributed by atoms with Crippen LogP contribution in [0.5, 0.6) is 5.75 Å². The van der Waals surface area contributed by atoms with E-state index in [2.05, 4.69) is 78.7 Å². The zero-order chi connectivity index (χ0) is 20.0. The second-order valence-corrected chi connectivity index (χ2v) is 8.14. The van der Waals surface area contributed by atoms with Gasteiger partial charge < -0.3 is 15.3 Å². The molecule has 0 aromatic heterocycles. The molecule has 148 valence electrons. The summed E-state index contributed by atoms with van der Waals surface area (Å²) >= 11 is 0. The molecule has 0 bridgehead atoms. The molecule has 1 aliphatic carbocycles. The van der Waals surface area contributed by atoms with Gasteiger partial charge in [-0.3, -0.25) is 0 Å². The number of phenolic OH excluding ortho intramolecular Hbond substituents is 1. The second-order valence-electron chi connectivity index (χ2n) is 8.14.